The molecule has 0 atom stereocenters. The summed E-state index contributed by atoms with van der Waals surface area (Å²) in [6.07, 6.45) is 2.36. The molecule has 2 aromatic rings. The van der Waals surface area contributed by atoms with Gasteiger partial charge < -0.3 is 15.7 Å². The number of halogens is 1. The van der Waals surface area contributed by atoms with E-state index in [0.717, 1.165) is 16.1 Å². The van der Waals surface area contributed by atoms with Gasteiger partial charge in [0.2, 0.25) is 0 Å². The Morgan fingerprint density at radius 1 is 1.23 bits per heavy atom. The van der Waals surface area contributed by atoms with Crippen LogP contribution < -0.4 is 10.6 Å². The minimum Gasteiger partial charge on any atom is -0.396 e. The first kappa shape index (κ1) is 16.7. The number of anilines is 2. The zero-order valence-electron chi connectivity index (χ0n) is 12.1. The Morgan fingerprint density at radius 3 is 2.73 bits per heavy atom. The SMILES string of the molecule is CSc1cccc(NC(=O)Nc2cccc(Cl)c2CCO)c1. The summed E-state index contributed by atoms with van der Waals surface area (Å²) in [6, 6.07) is 12.5. The molecular formula is C16H17ClN2O2S. The molecule has 0 heterocycles. The van der Waals surface area contributed by atoms with Gasteiger partial charge in [0.05, 0.1) is 0 Å². The van der Waals surface area contributed by atoms with Crippen molar-refractivity contribution in [1.29, 1.82) is 0 Å². The molecule has 0 aliphatic heterocycles. The van der Waals surface area contributed by atoms with Crippen molar-refractivity contribution < 1.29 is 9.90 Å². The Labute approximate surface area is 138 Å². The number of aliphatic hydroxyl groups is 1. The quantitative estimate of drug-likeness (QED) is 0.716. The molecule has 2 amide bonds. The zero-order valence-corrected chi connectivity index (χ0v) is 13.7. The molecule has 6 heteroatoms. The second-order valence-corrected chi connectivity index (χ2v) is 5.84. The van der Waals surface area contributed by atoms with Crippen LogP contribution in [0.4, 0.5) is 16.2 Å². The molecule has 0 aromatic heterocycles. The van der Waals surface area contributed by atoms with Crippen LogP contribution in [0.5, 0.6) is 0 Å². The number of benzene rings is 2. The molecule has 0 aliphatic carbocycles. The normalized spacial score (nSPS) is 10.3. The predicted octanol–water partition coefficient (Wildman–Crippen LogP) is 4.24. The lowest BCUT2D eigenvalue weighted by atomic mass is 10.1. The van der Waals surface area contributed by atoms with E-state index in [4.69, 9.17) is 16.7 Å². The van der Waals surface area contributed by atoms with Crippen molar-refractivity contribution in [2.75, 3.05) is 23.5 Å². The molecule has 2 rings (SSSR count). The number of aliphatic hydroxyl groups excluding tert-OH is 1. The second-order valence-electron chi connectivity index (χ2n) is 4.55. The van der Waals surface area contributed by atoms with Gasteiger partial charge in [0.1, 0.15) is 0 Å². The number of urea groups is 1. The molecule has 0 spiro atoms. The van der Waals surface area contributed by atoms with Crippen LogP contribution in [0.1, 0.15) is 5.56 Å². The highest BCUT2D eigenvalue weighted by molar-refractivity contribution is 7.98. The fraction of sp³-hybridized carbons (Fsp3) is 0.188. The van der Waals surface area contributed by atoms with Crippen molar-refractivity contribution in [2.45, 2.75) is 11.3 Å². The third kappa shape index (κ3) is 4.40. The van der Waals surface area contributed by atoms with Crippen molar-refractivity contribution >= 4 is 40.8 Å². The van der Waals surface area contributed by atoms with Gasteiger partial charge in [-0.05, 0) is 48.6 Å². The molecule has 0 bridgehead atoms. The molecular weight excluding hydrogens is 320 g/mol. The highest BCUT2D eigenvalue weighted by atomic mass is 35.5. The average Bonchev–Trinajstić information content (AvgIpc) is 2.51. The maximum absolute atomic E-state index is 12.1. The van der Waals surface area contributed by atoms with E-state index in [1.165, 1.54) is 0 Å². The molecule has 0 saturated heterocycles. The van der Waals surface area contributed by atoms with Crippen LogP contribution in [-0.2, 0) is 6.42 Å². The minimum absolute atomic E-state index is 0.0319. The fourth-order valence-corrected chi connectivity index (χ4v) is 2.76. The van der Waals surface area contributed by atoms with E-state index in [0.29, 0.717) is 17.1 Å². The van der Waals surface area contributed by atoms with Crippen molar-refractivity contribution in [2.24, 2.45) is 0 Å². The maximum Gasteiger partial charge on any atom is 0.323 e. The van der Waals surface area contributed by atoms with E-state index >= 15 is 0 Å². The van der Waals surface area contributed by atoms with E-state index < -0.39 is 0 Å². The zero-order chi connectivity index (χ0) is 15.9. The van der Waals surface area contributed by atoms with Crippen LogP contribution in [0, 0.1) is 0 Å². The van der Waals surface area contributed by atoms with Crippen molar-refractivity contribution in [1.82, 2.24) is 0 Å². The topological polar surface area (TPSA) is 61.4 Å². The monoisotopic (exact) mass is 336 g/mol. The maximum atomic E-state index is 12.1. The predicted molar refractivity (Wildman–Crippen MR) is 93.1 cm³/mol. The van der Waals surface area contributed by atoms with Crippen molar-refractivity contribution in [3.05, 3.63) is 53.1 Å². The highest BCUT2D eigenvalue weighted by Gasteiger charge is 2.10. The van der Waals surface area contributed by atoms with Crippen LogP contribution in [0.25, 0.3) is 0 Å². The smallest absolute Gasteiger partial charge is 0.323 e. The summed E-state index contributed by atoms with van der Waals surface area (Å²) in [5.41, 5.74) is 2.04. The number of amides is 2. The van der Waals surface area contributed by atoms with Crippen LogP contribution in [0.3, 0.4) is 0 Å². The number of thioether (sulfide) groups is 1. The van der Waals surface area contributed by atoms with E-state index in [1.54, 1.807) is 30.0 Å². The first-order valence-corrected chi connectivity index (χ1v) is 8.34. The third-order valence-electron chi connectivity index (χ3n) is 3.06. The van der Waals surface area contributed by atoms with E-state index in [-0.39, 0.29) is 12.6 Å². The Hall–Kier alpha value is -1.69. The molecule has 2 aromatic carbocycles. The van der Waals surface area contributed by atoms with Crippen molar-refractivity contribution in [3.8, 4) is 0 Å². The summed E-state index contributed by atoms with van der Waals surface area (Å²) >= 11 is 7.71. The van der Waals surface area contributed by atoms with Gasteiger partial charge >= 0.3 is 6.03 Å². The van der Waals surface area contributed by atoms with Gasteiger partial charge in [-0.2, -0.15) is 0 Å². The lowest BCUT2D eigenvalue weighted by molar-refractivity contribution is 0.262. The lowest BCUT2D eigenvalue weighted by Gasteiger charge is -2.13. The number of rotatable bonds is 5. The molecule has 0 aliphatic rings. The molecule has 0 fully saturated rings. The molecule has 22 heavy (non-hydrogen) atoms. The first-order chi connectivity index (χ1) is 10.6. The minimum atomic E-state index is -0.347. The summed E-state index contributed by atoms with van der Waals surface area (Å²) in [5, 5.41) is 15.2. The standard InChI is InChI=1S/C16H17ClN2O2S/c1-22-12-5-2-4-11(10-12)18-16(21)19-15-7-3-6-14(17)13(15)8-9-20/h2-7,10,20H,8-9H2,1H3,(H2,18,19,21). The van der Waals surface area contributed by atoms with E-state index in [2.05, 4.69) is 10.6 Å². The number of carbonyl (C=O) groups excluding carboxylic acids is 1. The summed E-state index contributed by atoms with van der Waals surface area (Å²) in [4.78, 5) is 13.2. The van der Waals surface area contributed by atoms with Crippen LogP contribution >= 0.6 is 23.4 Å². The van der Waals surface area contributed by atoms with Gasteiger partial charge in [0.15, 0.2) is 0 Å². The number of hydrogen-bond acceptors (Lipinski definition) is 3. The molecule has 0 unspecified atom stereocenters. The molecule has 116 valence electrons. The Bertz CT molecular complexity index is 664. The van der Waals surface area contributed by atoms with Gasteiger partial charge in [0.25, 0.3) is 0 Å². The van der Waals surface area contributed by atoms with Gasteiger partial charge in [-0.1, -0.05) is 23.7 Å². The molecule has 4 nitrogen and oxygen atoms in total. The van der Waals surface area contributed by atoms with Gasteiger partial charge in [-0.15, -0.1) is 11.8 Å². The fourth-order valence-electron chi connectivity index (χ4n) is 2.03. The van der Waals surface area contributed by atoms with Gasteiger partial charge in [-0.3, -0.25) is 0 Å². The lowest BCUT2D eigenvalue weighted by Crippen LogP contribution is -2.20. The Morgan fingerprint density at radius 2 is 2.00 bits per heavy atom. The number of nitrogens with one attached hydrogen (secondary N) is 2. The first-order valence-electron chi connectivity index (χ1n) is 6.74. The van der Waals surface area contributed by atoms with Crippen molar-refractivity contribution in [3.63, 3.8) is 0 Å². The van der Waals surface area contributed by atoms with Crippen LogP contribution in [-0.4, -0.2) is 24.0 Å². The largest absolute Gasteiger partial charge is 0.396 e. The Balaban J connectivity index is 2.10. The number of carbonyl (C=O) groups is 1. The summed E-state index contributed by atoms with van der Waals surface area (Å²) in [5.74, 6) is 0. The second kappa shape index (κ2) is 8.08. The van der Waals surface area contributed by atoms with Crippen LogP contribution in [0.2, 0.25) is 5.02 Å². The highest BCUT2D eigenvalue weighted by Crippen LogP contribution is 2.25. The third-order valence-corrected chi connectivity index (χ3v) is 4.14. The van der Waals surface area contributed by atoms with Gasteiger partial charge in [0, 0.05) is 27.9 Å². The molecule has 3 N–H and O–H groups in total. The summed E-state index contributed by atoms with van der Waals surface area (Å²) < 4.78 is 0. The molecule has 0 saturated carbocycles. The van der Waals surface area contributed by atoms with Crippen LogP contribution in [0.15, 0.2) is 47.4 Å². The summed E-state index contributed by atoms with van der Waals surface area (Å²) in [6.45, 7) is -0.0319. The summed E-state index contributed by atoms with van der Waals surface area (Å²) in [7, 11) is 0. The number of hydrogen-bond donors (Lipinski definition) is 3. The molecule has 0 radical (unpaired) electrons. The van der Waals surface area contributed by atoms with E-state index in [9.17, 15) is 4.79 Å². The Kier molecular flexibility index (Phi) is 6.12. The van der Waals surface area contributed by atoms with E-state index in [1.807, 2.05) is 30.5 Å². The average molecular weight is 337 g/mol. The van der Waals surface area contributed by atoms with Gasteiger partial charge in [-0.25, -0.2) is 4.79 Å².